The van der Waals surface area contributed by atoms with Crippen LogP contribution in [0.2, 0.25) is 0 Å². The van der Waals surface area contributed by atoms with Crippen molar-refractivity contribution >= 4 is 64.9 Å². The SMILES string of the molecule is Cc1ncsc1-c1ccc([C@H](C)NC(=O)[C@@H]2C[C@@H](O)CN2C(=O)[C@@H](NC(=O)CCCc2cccc(OC[C@H](CCC(N)=O)NC(=O)[C@@H]3Cc4cccc5c4N3C(=O)[C@@H](N)CC5)c2)C(C)(C)C)cc1.Cl. The number of aliphatic hydroxyl groups excluding tert-OH is 1. The van der Waals surface area contributed by atoms with Gasteiger partial charge in [0.25, 0.3) is 0 Å². The summed E-state index contributed by atoms with van der Waals surface area (Å²) in [7, 11) is 0. The molecule has 7 atom stereocenters. The average Bonchev–Trinajstić information content (AvgIpc) is 4.02. The van der Waals surface area contributed by atoms with Crippen LogP contribution >= 0.6 is 23.7 Å². The van der Waals surface area contributed by atoms with Gasteiger partial charge in [-0.25, -0.2) is 4.98 Å². The summed E-state index contributed by atoms with van der Waals surface area (Å²) in [5, 5.41) is 19.7. The first-order valence-electron chi connectivity index (χ1n) is 23.5. The number of para-hydroxylation sites is 1. The number of hydrogen-bond acceptors (Lipinski definition) is 11. The van der Waals surface area contributed by atoms with E-state index >= 15 is 0 Å². The van der Waals surface area contributed by atoms with Gasteiger partial charge in [-0.05, 0) is 91.3 Å². The van der Waals surface area contributed by atoms with Gasteiger partial charge < -0.3 is 42.2 Å². The molecule has 18 heteroatoms. The average molecular weight is 986 g/mol. The number of aromatic nitrogens is 1. The second-order valence-electron chi connectivity index (χ2n) is 19.4. The Morgan fingerprint density at radius 3 is 2.36 bits per heavy atom. The number of β-amino-alcohol motifs (C(OH)–C–C–N with tert-alkyl or cyclic N) is 1. The van der Waals surface area contributed by atoms with Gasteiger partial charge in [-0.3, -0.25) is 33.7 Å². The lowest BCUT2D eigenvalue weighted by Gasteiger charge is -2.35. The van der Waals surface area contributed by atoms with Gasteiger partial charge in [0.05, 0.1) is 46.0 Å². The summed E-state index contributed by atoms with van der Waals surface area (Å²) < 4.78 is 6.16. The topological polar surface area (TPSA) is 239 Å². The summed E-state index contributed by atoms with van der Waals surface area (Å²) >= 11 is 1.57. The number of hydrogen-bond donors (Lipinski definition) is 6. The van der Waals surface area contributed by atoms with E-state index in [0.29, 0.717) is 37.9 Å². The van der Waals surface area contributed by atoms with Crippen LogP contribution in [-0.4, -0.2) is 99.9 Å². The number of rotatable bonds is 18. The molecule has 0 radical (unpaired) electrons. The van der Waals surface area contributed by atoms with Crippen molar-refractivity contribution in [3.05, 3.63) is 100 Å². The first-order chi connectivity index (χ1) is 32.4. The first kappa shape index (κ1) is 52.5. The highest BCUT2D eigenvalue weighted by Gasteiger charge is 2.45. The van der Waals surface area contributed by atoms with Crippen molar-refractivity contribution in [2.75, 3.05) is 18.1 Å². The van der Waals surface area contributed by atoms with Crippen molar-refractivity contribution in [3.63, 3.8) is 0 Å². The van der Waals surface area contributed by atoms with Gasteiger partial charge in [-0.15, -0.1) is 23.7 Å². The molecule has 1 fully saturated rings. The lowest BCUT2D eigenvalue weighted by molar-refractivity contribution is -0.144. The molecule has 4 aromatic rings. The van der Waals surface area contributed by atoms with Crippen LogP contribution in [0.15, 0.2) is 72.2 Å². The summed E-state index contributed by atoms with van der Waals surface area (Å²) in [5.74, 6) is -1.79. The molecule has 3 aliphatic heterocycles. The molecule has 370 valence electrons. The van der Waals surface area contributed by atoms with E-state index in [1.54, 1.807) is 22.3 Å². The van der Waals surface area contributed by atoms with Gasteiger partial charge >= 0.3 is 0 Å². The molecule has 7 rings (SSSR count). The maximum atomic E-state index is 14.2. The summed E-state index contributed by atoms with van der Waals surface area (Å²) in [6.07, 6.45) is 1.99. The largest absolute Gasteiger partial charge is 0.491 e. The number of halogens is 1. The van der Waals surface area contributed by atoms with Crippen LogP contribution in [0.1, 0.15) is 100 Å². The molecule has 1 aromatic heterocycles. The lowest BCUT2D eigenvalue weighted by atomic mass is 9.85. The van der Waals surface area contributed by atoms with E-state index in [1.807, 2.05) is 101 Å². The van der Waals surface area contributed by atoms with Crippen LogP contribution in [0.25, 0.3) is 10.4 Å². The standard InChI is InChI=1S/C51H64N8O8S.ClH/c1-29(32-15-17-34(18-16-32)45-30(2)54-28-68-45)55-47(63)40-25-37(60)26-58(40)50(66)46(51(3,4)5)57-43(62)14-7-10-31-9-6-13-38(23-31)67-27-36(20-22-42(53)61)56-48(64)41-24-35-12-8-11-33-19-21-39(52)49(65)59(41)44(33)35;/h6,8-9,11-13,15-18,23,28-29,36-37,39-41,46,60H,7,10,14,19-22,24-27,52H2,1-5H3,(H2,53,61)(H,55,63)(H,56,64)(H,57,62);1H/t29-,36-,37+,39-,40-,41-,46+;/m0./s1. The fourth-order valence-corrected chi connectivity index (χ4v) is 10.2. The van der Waals surface area contributed by atoms with Gasteiger partial charge in [0.2, 0.25) is 35.4 Å². The Bertz CT molecular complexity index is 2510. The fraction of sp³-hybridized carbons (Fsp3) is 0.471. The molecule has 0 spiro atoms. The summed E-state index contributed by atoms with van der Waals surface area (Å²) in [6.45, 7) is 9.38. The molecule has 69 heavy (non-hydrogen) atoms. The molecule has 4 heterocycles. The van der Waals surface area contributed by atoms with E-state index in [2.05, 4.69) is 20.9 Å². The van der Waals surface area contributed by atoms with E-state index in [-0.39, 0.29) is 80.9 Å². The van der Waals surface area contributed by atoms with Crippen LogP contribution in [0.3, 0.4) is 0 Å². The number of ether oxygens (including phenoxy) is 1. The minimum absolute atomic E-state index is 0. The minimum atomic E-state index is -0.959. The molecule has 0 unspecified atom stereocenters. The number of likely N-dealkylation sites (tertiary alicyclic amines) is 1. The number of carbonyl (C=O) groups excluding carboxylic acids is 6. The Labute approximate surface area is 413 Å². The number of anilines is 1. The number of carbonyl (C=O) groups is 6. The molecular formula is C51H65ClN8O8S. The van der Waals surface area contributed by atoms with Crippen LogP contribution in [-0.2, 0) is 48.0 Å². The Morgan fingerprint density at radius 2 is 1.67 bits per heavy atom. The number of thiazole rings is 1. The lowest BCUT2D eigenvalue weighted by Crippen LogP contribution is -2.57. The molecule has 8 N–H and O–H groups in total. The second kappa shape index (κ2) is 22.7. The van der Waals surface area contributed by atoms with Crippen molar-refractivity contribution < 1.29 is 38.6 Å². The van der Waals surface area contributed by atoms with E-state index in [0.717, 1.165) is 44.1 Å². The van der Waals surface area contributed by atoms with Crippen molar-refractivity contribution in [3.8, 4) is 16.2 Å². The number of primary amides is 1. The van der Waals surface area contributed by atoms with Crippen molar-refractivity contribution in [1.82, 2.24) is 25.8 Å². The Kier molecular flexibility index (Phi) is 17.3. The smallest absolute Gasteiger partial charge is 0.246 e. The van der Waals surface area contributed by atoms with Gasteiger partial charge in [0.1, 0.15) is 30.5 Å². The number of amides is 6. The third-order valence-corrected chi connectivity index (χ3v) is 14.1. The molecule has 3 aliphatic rings. The van der Waals surface area contributed by atoms with Crippen LogP contribution < -0.4 is 37.1 Å². The van der Waals surface area contributed by atoms with E-state index in [1.165, 1.54) is 4.90 Å². The third-order valence-electron chi connectivity index (χ3n) is 13.1. The number of nitrogens with zero attached hydrogens (tertiary/aromatic N) is 3. The molecule has 0 bridgehead atoms. The zero-order valence-corrected chi connectivity index (χ0v) is 41.5. The molecule has 6 amide bonds. The number of aryl methyl sites for hydroxylation is 3. The van der Waals surface area contributed by atoms with Crippen LogP contribution in [0.4, 0.5) is 5.69 Å². The number of nitrogens with two attached hydrogens (primary N) is 2. The van der Waals surface area contributed by atoms with Gasteiger partial charge in [0.15, 0.2) is 0 Å². The predicted octanol–water partition coefficient (Wildman–Crippen LogP) is 4.59. The molecule has 3 aromatic carbocycles. The van der Waals surface area contributed by atoms with E-state index < -0.39 is 53.5 Å². The molecule has 16 nitrogen and oxygen atoms in total. The Balaban J connectivity index is 0.00000782. The Morgan fingerprint density at radius 1 is 0.957 bits per heavy atom. The third kappa shape index (κ3) is 12.7. The van der Waals surface area contributed by atoms with Crippen LogP contribution in [0.5, 0.6) is 5.75 Å². The van der Waals surface area contributed by atoms with Crippen molar-refractivity contribution in [1.29, 1.82) is 0 Å². The molecular weight excluding hydrogens is 920 g/mol. The summed E-state index contributed by atoms with van der Waals surface area (Å²) in [4.78, 5) is 88.9. The minimum Gasteiger partial charge on any atom is -0.491 e. The van der Waals surface area contributed by atoms with E-state index in [4.69, 9.17) is 16.2 Å². The van der Waals surface area contributed by atoms with Gasteiger partial charge in [-0.1, -0.05) is 75.4 Å². The molecule has 0 aliphatic carbocycles. The monoisotopic (exact) mass is 984 g/mol. The quantitative estimate of drug-likeness (QED) is 0.0811. The highest BCUT2D eigenvalue weighted by atomic mass is 35.5. The predicted molar refractivity (Wildman–Crippen MR) is 267 cm³/mol. The second-order valence-corrected chi connectivity index (χ2v) is 20.3. The van der Waals surface area contributed by atoms with E-state index in [9.17, 15) is 33.9 Å². The molecule has 1 saturated heterocycles. The zero-order chi connectivity index (χ0) is 48.9. The number of benzene rings is 3. The first-order valence-corrected chi connectivity index (χ1v) is 24.3. The normalized spacial score (nSPS) is 19.9. The highest BCUT2D eigenvalue weighted by molar-refractivity contribution is 7.13. The summed E-state index contributed by atoms with van der Waals surface area (Å²) in [6, 6.07) is 16.7. The maximum absolute atomic E-state index is 14.2. The maximum Gasteiger partial charge on any atom is 0.246 e. The molecule has 0 saturated carbocycles. The van der Waals surface area contributed by atoms with Crippen molar-refractivity contribution in [2.24, 2.45) is 16.9 Å². The number of nitrogens with one attached hydrogen (secondary N) is 3. The fourth-order valence-electron chi connectivity index (χ4n) is 9.36. The van der Waals surface area contributed by atoms with Gasteiger partial charge in [0, 0.05) is 32.2 Å². The number of aliphatic hydroxyl groups is 1. The summed E-state index contributed by atoms with van der Waals surface area (Å²) in [5.41, 5.74) is 19.3. The Hall–Kier alpha value is -5.88. The zero-order valence-electron chi connectivity index (χ0n) is 39.9. The van der Waals surface area contributed by atoms with Gasteiger partial charge in [-0.2, -0.15) is 0 Å². The van der Waals surface area contributed by atoms with Crippen LogP contribution in [0, 0.1) is 12.3 Å². The van der Waals surface area contributed by atoms with Crippen molar-refractivity contribution in [2.45, 2.75) is 135 Å². The highest BCUT2D eigenvalue weighted by Crippen LogP contribution is 2.39.